The van der Waals surface area contributed by atoms with Crippen molar-refractivity contribution in [3.05, 3.63) is 167 Å². The monoisotopic (exact) mass is 1060 g/mol. The third-order valence-electron chi connectivity index (χ3n) is 13.0. The Labute approximate surface area is 413 Å². The predicted octanol–water partition coefficient (Wildman–Crippen LogP) is 16.0. The van der Waals surface area contributed by atoms with Crippen LogP contribution in [0.5, 0.6) is 0 Å². The van der Waals surface area contributed by atoms with Gasteiger partial charge in [-0.2, -0.15) is 0 Å². The third-order valence-corrected chi connectivity index (χ3v) is 15.0. The van der Waals surface area contributed by atoms with E-state index in [1.807, 2.05) is 0 Å². The molecule has 6 heteroatoms. The van der Waals surface area contributed by atoms with Crippen molar-refractivity contribution in [3.8, 4) is 28.3 Å². The summed E-state index contributed by atoms with van der Waals surface area (Å²) in [7, 11) is -1.69. The van der Waals surface area contributed by atoms with Gasteiger partial charge < -0.3 is 14.1 Å². The van der Waals surface area contributed by atoms with Crippen LogP contribution in [0, 0.1) is 25.9 Å². The van der Waals surface area contributed by atoms with Crippen LogP contribution in [-0.4, -0.2) is 27.2 Å². The number of benzene rings is 7. The van der Waals surface area contributed by atoms with Gasteiger partial charge in [-0.15, -0.1) is 59.2 Å². The van der Waals surface area contributed by atoms with Gasteiger partial charge in [-0.25, -0.2) is 0 Å². The smallest absolute Gasteiger partial charge is 0.0798 e. The van der Waals surface area contributed by atoms with Crippen LogP contribution in [0.25, 0.3) is 82.7 Å². The number of hydrogen-bond acceptors (Lipinski definition) is 2. The molecule has 0 bridgehead atoms. The van der Waals surface area contributed by atoms with Crippen LogP contribution in [0.3, 0.4) is 0 Å². The predicted molar refractivity (Wildman–Crippen MR) is 282 cm³/mol. The molecule has 66 heavy (non-hydrogen) atoms. The first kappa shape index (κ1) is 40.6. The molecule has 0 aliphatic carbocycles. The van der Waals surface area contributed by atoms with E-state index >= 15 is 0 Å². The van der Waals surface area contributed by atoms with Gasteiger partial charge in [0.15, 0.2) is 0 Å². The van der Waals surface area contributed by atoms with Gasteiger partial charge in [0.25, 0.3) is 0 Å². The molecule has 0 aliphatic heterocycles. The van der Waals surface area contributed by atoms with Crippen molar-refractivity contribution in [3.63, 3.8) is 0 Å². The Hall–Kier alpha value is -5.65. The first-order chi connectivity index (χ1) is 33.3. The van der Waals surface area contributed by atoms with E-state index in [0.717, 1.165) is 34.2 Å². The van der Waals surface area contributed by atoms with Crippen molar-refractivity contribution in [1.29, 1.82) is 0 Å². The van der Waals surface area contributed by atoms with Crippen molar-refractivity contribution < 1.29 is 27.0 Å². The molecule has 10 aromatic rings. The van der Waals surface area contributed by atoms with Crippen LogP contribution in [0.2, 0.25) is 19.6 Å². The van der Waals surface area contributed by atoms with Gasteiger partial charge >= 0.3 is 0 Å². The average Bonchev–Trinajstić information content (AvgIpc) is 3.88. The minimum absolute atomic E-state index is 0. The van der Waals surface area contributed by atoms with E-state index in [1.165, 1.54) is 71.8 Å². The Morgan fingerprint density at radius 1 is 0.667 bits per heavy atom. The number of imidazole rings is 1. The van der Waals surface area contributed by atoms with Crippen LogP contribution in [0.1, 0.15) is 101 Å². The van der Waals surface area contributed by atoms with Gasteiger partial charge in [0, 0.05) is 50.9 Å². The second-order valence-electron chi connectivity index (χ2n) is 19.4. The van der Waals surface area contributed by atoms with E-state index in [1.54, 1.807) is 24.4 Å². The van der Waals surface area contributed by atoms with Gasteiger partial charge in [0.1, 0.15) is 0 Å². The Balaban J connectivity index is 0.000000238. The van der Waals surface area contributed by atoms with Crippen LogP contribution in [0.15, 0.2) is 128 Å². The molecule has 0 amide bonds. The molecule has 7 aromatic carbocycles. The van der Waals surface area contributed by atoms with E-state index < -0.39 is 21.8 Å². The summed E-state index contributed by atoms with van der Waals surface area (Å²) in [4.78, 5) is 9.81. The molecule has 0 fully saturated rings. The first-order valence-electron chi connectivity index (χ1n) is 25.7. The summed E-state index contributed by atoms with van der Waals surface area (Å²) >= 11 is 0. The van der Waals surface area contributed by atoms with Crippen molar-refractivity contribution in [2.24, 2.45) is 0 Å². The molecule has 3 aromatic heterocycles. The van der Waals surface area contributed by atoms with Gasteiger partial charge in [0.05, 0.1) is 24.9 Å². The maximum atomic E-state index is 7.79. The summed E-state index contributed by atoms with van der Waals surface area (Å²) in [6.07, 6.45) is 1.76. The number of pyridine rings is 1. The number of para-hydroxylation sites is 2. The normalized spacial score (nSPS) is 13.3. The molecule has 0 saturated carbocycles. The maximum absolute atomic E-state index is 7.79. The Morgan fingerprint density at radius 2 is 1.38 bits per heavy atom. The number of fused-ring (bicyclic) bond motifs is 8. The molecule has 10 rings (SSSR count). The fraction of sp³-hybridized carbons (Fsp3) is 0.267. The quantitative estimate of drug-likeness (QED) is 0.0864. The standard InChI is InChI=1S/C44H42N3.C16H20NSi.Ir/c1-8-46-39-21-18-30(23-37(39)42-34-19-17-29-13-9-10-14-32(29)33(34)20-22-41(42)46)44-45-38-15-11-12-16-40(38)47(44)43-35(27(4)5)24-31(26(2)3)25-36(43)28(6)7;1-12-6-8-14(9-7-12)15-10-13(2)16(11-17-15)18(3,4)5;/h9-17,19-28H,8H2,1-7H3;6-8,10-11H,1-5H3;/q2*-1;/i;1D3,2D2;. The van der Waals surface area contributed by atoms with E-state index in [2.05, 4.69) is 191 Å². The van der Waals surface area contributed by atoms with E-state index in [4.69, 9.17) is 11.8 Å². The molecule has 0 atom stereocenters. The minimum Gasteiger partial charge on any atom is -0.381 e. The molecular formula is C60H62IrN4Si-2. The summed E-state index contributed by atoms with van der Waals surface area (Å²) in [6.45, 7) is 20.2. The average molecular weight is 1060 g/mol. The molecule has 3 heterocycles. The minimum atomic E-state index is -2.15. The fourth-order valence-electron chi connectivity index (χ4n) is 9.53. The summed E-state index contributed by atoms with van der Waals surface area (Å²) in [5.41, 5.74) is 13.2. The van der Waals surface area contributed by atoms with Crippen LogP contribution in [0.4, 0.5) is 0 Å². The largest absolute Gasteiger partial charge is 0.381 e. The molecule has 4 nitrogen and oxygen atoms in total. The Kier molecular flexibility index (Phi) is 11.4. The molecule has 0 unspecified atom stereocenters. The van der Waals surface area contributed by atoms with Gasteiger partial charge in [-0.1, -0.05) is 152 Å². The Bertz CT molecular complexity index is 3550. The first-order valence-corrected chi connectivity index (χ1v) is 26.6. The zero-order valence-electron chi connectivity index (χ0n) is 44.8. The number of aromatic nitrogens is 4. The van der Waals surface area contributed by atoms with Crippen molar-refractivity contribution in [2.75, 3.05) is 0 Å². The summed E-state index contributed by atoms with van der Waals surface area (Å²) in [5.74, 6) is 2.10. The molecule has 0 spiro atoms. The number of aryl methyl sites for hydroxylation is 3. The topological polar surface area (TPSA) is 35.6 Å². The van der Waals surface area contributed by atoms with Gasteiger partial charge in [0.2, 0.25) is 0 Å². The van der Waals surface area contributed by atoms with E-state index in [0.29, 0.717) is 34.6 Å². The number of rotatable bonds is 8. The molecule has 1 radical (unpaired) electrons. The molecule has 337 valence electrons. The second-order valence-corrected chi connectivity index (χ2v) is 24.4. The van der Waals surface area contributed by atoms with E-state index in [9.17, 15) is 0 Å². The zero-order valence-corrected chi connectivity index (χ0v) is 43.2. The fourth-order valence-corrected chi connectivity index (χ4v) is 10.9. The molecule has 0 aliphatic rings. The van der Waals surface area contributed by atoms with Crippen LogP contribution in [-0.2, 0) is 26.7 Å². The van der Waals surface area contributed by atoms with Crippen molar-refractivity contribution >= 4 is 67.6 Å². The summed E-state index contributed by atoms with van der Waals surface area (Å²) in [6, 6.07) is 49.0. The van der Waals surface area contributed by atoms with E-state index in [-0.39, 0.29) is 25.7 Å². The van der Waals surface area contributed by atoms with Gasteiger partial charge in [-0.3, -0.25) is 4.98 Å². The summed E-state index contributed by atoms with van der Waals surface area (Å²) in [5, 5.41) is 8.70. The maximum Gasteiger partial charge on any atom is 0.0798 e. The van der Waals surface area contributed by atoms with Crippen molar-refractivity contribution in [2.45, 2.75) is 106 Å². The zero-order chi connectivity index (χ0) is 50.0. The van der Waals surface area contributed by atoms with Gasteiger partial charge in [-0.05, 0) is 110 Å². The number of hydrogen-bond donors (Lipinski definition) is 0. The second kappa shape index (κ2) is 18.6. The third kappa shape index (κ3) is 8.49. The van der Waals surface area contributed by atoms with Crippen molar-refractivity contribution in [1.82, 2.24) is 19.1 Å². The summed E-state index contributed by atoms with van der Waals surface area (Å²) < 4.78 is 42.6. The SMILES string of the molecule is CCn1c2c[c-]c(-c3nc4ccccc4n3-c3c(C(C)C)cc(C(C)C)cc3C(C)C)cc2c2c3ccc4ccccc4c3ccc21.[2H]C([2H])c1cc(-c2[c-]cc(C([2H])([2H])[2H])cc2)ncc1[Si](C)(C)C.[Ir]. The van der Waals surface area contributed by atoms with Crippen LogP contribution < -0.4 is 5.19 Å². The molecule has 0 N–H and O–H groups in total. The molecule has 0 saturated heterocycles. The molecular weight excluding hydrogens is 997 g/mol. The number of nitrogens with zero attached hydrogens (tertiary/aromatic N) is 4. The Morgan fingerprint density at radius 3 is 2.05 bits per heavy atom. The van der Waals surface area contributed by atoms with Crippen LogP contribution >= 0.6 is 0 Å².